The van der Waals surface area contributed by atoms with E-state index in [0.717, 1.165) is 31.7 Å². The minimum absolute atomic E-state index is 0.165. The zero-order valence-electron chi connectivity index (χ0n) is 10.8. The molecule has 1 aliphatic heterocycles. The Morgan fingerprint density at radius 1 is 1.39 bits per heavy atom. The fraction of sp³-hybridized carbons (Fsp3) is 0.500. The van der Waals surface area contributed by atoms with Crippen molar-refractivity contribution >= 4 is 5.91 Å². The second-order valence-corrected chi connectivity index (χ2v) is 4.36. The van der Waals surface area contributed by atoms with E-state index >= 15 is 0 Å². The molecule has 4 nitrogen and oxygen atoms in total. The van der Waals surface area contributed by atoms with E-state index in [-0.39, 0.29) is 11.9 Å². The number of benzene rings is 1. The molecule has 1 aliphatic rings. The summed E-state index contributed by atoms with van der Waals surface area (Å²) in [6.45, 7) is 4.82. The van der Waals surface area contributed by atoms with Gasteiger partial charge in [-0.2, -0.15) is 0 Å². The lowest BCUT2D eigenvalue weighted by Crippen LogP contribution is -2.28. The number of ether oxygens (including phenoxy) is 1. The average molecular weight is 248 g/mol. The Bertz CT molecular complexity index is 381. The maximum absolute atomic E-state index is 12.2. The van der Waals surface area contributed by atoms with Gasteiger partial charge in [-0.25, -0.2) is 0 Å². The maximum Gasteiger partial charge on any atom is 0.245 e. The fourth-order valence-electron chi connectivity index (χ4n) is 2.15. The van der Waals surface area contributed by atoms with Crippen molar-refractivity contribution in [2.24, 2.45) is 0 Å². The number of hydrogen-bond acceptors (Lipinski definition) is 3. The van der Waals surface area contributed by atoms with Gasteiger partial charge in [-0.1, -0.05) is 30.3 Å². The first-order valence-electron chi connectivity index (χ1n) is 6.47. The standard InChI is InChI=1S/C14H20N2O2/c1-2-18-10-6-9-16-11-15-13(14(16)17)12-7-4-3-5-8-12/h3-5,7-8,13,15H,2,6,9-11H2,1H3. The Morgan fingerprint density at radius 3 is 2.89 bits per heavy atom. The van der Waals surface area contributed by atoms with Gasteiger partial charge in [0, 0.05) is 19.8 Å². The summed E-state index contributed by atoms with van der Waals surface area (Å²) in [5.41, 5.74) is 1.04. The number of amides is 1. The third-order valence-corrected chi connectivity index (χ3v) is 3.10. The monoisotopic (exact) mass is 248 g/mol. The van der Waals surface area contributed by atoms with E-state index in [1.165, 1.54) is 0 Å². The Hall–Kier alpha value is -1.39. The van der Waals surface area contributed by atoms with Crippen molar-refractivity contribution in [3.05, 3.63) is 35.9 Å². The van der Waals surface area contributed by atoms with Gasteiger partial charge >= 0.3 is 0 Å². The molecule has 0 saturated carbocycles. The second-order valence-electron chi connectivity index (χ2n) is 4.36. The molecule has 18 heavy (non-hydrogen) atoms. The molecule has 1 N–H and O–H groups in total. The van der Waals surface area contributed by atoms with Gasteiger partial charge in [-0.15, -0.1) is 0 Å². The third kappa shape index (κ3) is 3.09. The number of nitrogens with zero attached hydrogens (tertiary/aromatic N) is 1. The molecule has 0 bridgehead atoms. The van der Waals surface area contributed by atoms with Gasteiger partial charge in [0.2, 0.25) is 5.91 Å². The normalized spacial score (nSPS) is 19.5. The van der Waals surface area contributed by atoms with Crippen molar-refractivity contribution in [2.75, 3.05) is 26.4 Å². The van der Waals surface area contributed by atoms with Crippen LogP contribution >= 0.6 is 0 Å². The minimum Gasteiger partial charge on any atom is -0.382 e. The van der Waals surface area contributed by atoms with Crippen LogP contribution in [0.5, 0.6) is 0 Å². The van der Waals surface area contributed by atoms with Crippen LogP contribution in [0, 0.1) is 0 Å². The summed E-state index contributed by atoms with van der Waals surface area (Å²) in [5, 5.41) is 3.25. The van der Waals surface area contributed by atoms with Crippen molar-refractivity contribution in [1.82, 2.24) is 10.2 Å². The summed E-state index contributed by atoms with van der Waals surface area (Å²) in [4.78, 5) is 14.1. The summed E-state index contributed by atoms with van der Waals surface area (Å²) in [7, 11) is 0. The smallest absolute Gasteiger partial charge is 0.245 e. The SMILES string of the molecule is CCOCCCN1CNC(c2ccccc2)C1=O. The van der Waals surface area contributed by atoms with E-state index < -0.39 is 0 Å². The molecule has 4 heteroatoms. The van der Waals surface area contributed by atoms with Crippen LogP contribution in [0.3, 0.4) is 0 Å². The molecule has 1 amide bonds. The average Bonchev–Trinajstić information content (AvgIpc) is 2.77. The van der Waals surface area contributed by atoms with Crippen molar-refractivity contribution in [3.8, 4) is 0 Å². The first kappa shape index (κ1) is 13.1. The molecule has 1 unspecified atom stereocenters. The number of carbonyl (C=O) groups excluding carboxylic acids is 1. The van der Waals surface area contributed by atoms with E-state index in [9.17, 15) is 4.79 Å². The van der Waals surface area contributed by atoms with Crippen LogP contribution in [-0.2, 0) is 9.53 Å². The number of rotatable bonds is 6. The largest absolute Gasteiger partial charge is 0.382 e. The molecule has 1 fully saturated rings. The van der Waals surface area contributed by atoms with Crippen molar-refractivity contribution in [3.63, 3.8) is 0 Å². The summed E-state index contributed by atoms with van der Waals surface area (Å²) in [5.74, 6) is 0.165. The summed E-state index contributed by atoms with van der Waals surface area (Å²) < 4.78 is 5.28. The zero-order valence-corrected chi connectivity index (χ0v) is 10.8. The number of nitrogens with one attached hydrogen (secondary N) is 1. The third-order valence-electron chi connectivity index (χ3n) is 3.10. The highest BCUT2D eigenvalue weighted by Crippen LogP contribution is 2.20. The number of carbonyl (C=O) groups is 1. The van der Waals surface area contributed by atoms with Gasteiger partial charge in [-0.05, 0) is 18.9 Å². The van der Waals surface area contributed by atoms with Gasteiger partial charge in [0.15, 0.2) is 0 Å². The lowest BCUT2D eigenvalue weighted by atomic mass is 10.1. The molecule has 2 rings (SSSR count). The summed E-state index contributed by atoms with van der Waals surface area (Å²) in [6, 6.07) is 9.67. The molecule has 1 atom stereocenters. The van der Waals surface area contributed by atoms with Crippen LogP contribution < -0.4 is 5.32 Å². The molecule has 0 radical (unpaired) electrons. The van der Waals surface area contributed by atoms with Gasteiger partial charge in [0.25, 0.3) is 0 Å². The molecule has 1 aromatic carbocycles. The molecule has 1 aromatic rings. The highest BCUT2D eigenvalue weighted by molar-refractivity contribution is 5.85. The Kier molecular flexibility index (Phi) is 4.73. The van der Waals surface area contributed by atoms with Crippen LogP contribution in [0.25, 0.3) is 0 Å². The summed E-state index contributed by atoms with van der Waals surface area (Å²) >= 11 is 0. The van der Waals surface area contributed by atoms with Crippen LogP contribution in [0.4, 0.5) is 0 Å². The maximum atomic E-state index is 12.2. The molecular formula is C14H20N2O2. The van der Waals surface area contributed by atoms with Gasteiger partial charge in [-0.3, -0.25) is 10.1 Å². The second kappa shape index (κ2) is 6.52. The van der Waals surface area contributed by atoms with Gasteiger partial charge < -0.3 is 9.64 Å². The molecule has 1 saturated heterocycles. The van der Waals surface area contributed by atoms with Crippen molar-refractivity contribution in [2.45, 2.75) is 19.4 Å². The van der Waals surface area contributed by atoms with Crippen LogP contribution in [0.1, 0.15) is 24.9 Å². The molecule has 98 valence electrons. The fourth-order valence-corrected chi connectivity index (χ4v) is 2.15. The van der Waals surface area contributed by atoms with E-state index in [1.807, 2.05) is 42.2 Å². The van der Waals surface area contributed by atoms with Gasteiger partial charge in [0.1, 0.15) is 6.04 Å². The molecule has 0 spiro atoms. The Labute approximate surface area is 108 Å². The first-order chi connectivity index (χ1) is 8.83. The molecule has 0 aliphatic carbocycles. The highest BCUT2D eigenvalue weighted by atomic mass is 16.5. The van der Waals surface area contributed by atoms with Crippen LogP contribution in [0.2, 0.25) is 0 Å². The van der Waals surface area contributed by atoms with Gasteiger partial charge in [0.05, 0.1) is 6.67 Å². The molecule has 1 heterocycles. The van der Waals surface area contributed by atoms with E-state index in [0.29, 0.717) is 6.67 Å². The van der Waals surface area contributed by atoms with E-state index in [1.54, 1.807) is 0 Å². The zero-order chi connectivity index (χ0) is 12.8. The molecule has 0 aromatic heterocycles. The Morgan fingerprint density at radius 2 is 2.17 bits per heavy atom. The van der Waals surface area contributed by atoms with Crippen LogP contribution in [0.15, 0.2) is 30.3 Å². The molecular weight excluding hydrogens is 228 g/mol. The van der Waals surface area contributed by atoms with E-state index in [2.05, 4.69) is 5.32 Å². The predicted octanol–water partition coefficient (Wildman–Crippen LogP) is 1.54. The first-order valence-corrected chi connectivity index (χ1v) is 6.47. The number of hydrogen-bond donors (Lipinski definition) is 1. The van der Waals surface area contributed by atoms with E-state index in [4.69, 9.17) is 4.74 Å². The summed E-state index contributed by atoms with van der Waals surface area (Å²) in [6.07, 6.45) is 0.892. The van der Waals surface area contributed by atoms with Crippen LogP contribution in [-0.4, -0.2) is 37.2 Å². The minimum atomic E-state index is -0.182. The Balaban J connectivity index is 1.86. The van der Waals surface area contributed by atoms with Crippen molar-refractivity contribution < 1.29 is 9.53 Å². The lowest BCUT2D eigenvalue weighted by molar-refractivity contribution is -0.129. The topological polar surface area (TPSA) is 41.6 Å². The quantitative estimate of drug-likeness (QED) is 0.777. The van der Waals surface area contributed by atoms with Crippen molar-refractivity contribution in [1.29, 1.82) is 0 Å². The lowest BCUT2D eigenvalue weighted by Gasteiger charge is -2.15. The predicted molar refractivity (Wildman–Crippen MR) is 70.0 cm³/mol. The highest BCUT2D eigenvalue weighted by Gasteiger charge is 2.31.